The number of rotatable bonds is 6. The van der Waals surface area contributed by atoms with Gasteiger partial charge in [-0.2, -0.15) is 5.10 Å². The van der Waals surface area contributed by atoms with Crippen molar-refractivity contribution in [3.05, 3.63) is 60.4 Å². The van der Waals surface area contributed by atoms with Crippen LogP contribution in [0.5, 0.6) is 5.75 Å². The molecule has 5 heteroatoms. The lowest BCUT2D eigenvalue weighted by atomic mass is 10.2. The van der Waals surface area contributed by atoms with Crippen molar-refractivity contribution in [2.24, 2.45) is 0 Å². The summed E-state index contributed by atoms with van der Waals surface area (Å²) in [7, 11) is 3.34. The van der Waals surface area contributed by atoms with Gasteiger partial charge >= 0.3 is 0 Å². The molecular weight excluding hydrogens is 290 g/mol. The molecule has 5 nitrogen and oxygen atoms in total. The molecule has 0 spiro atoms. The molecule has 0 saturated carbocycles. The monoisotopic (exact) mass is 309 g/mol. The number of para-hydroxylation sites is 1. The molecule has 0 amide bonds. The summed E-state index contributed by atoms with van der Waals surface area (Å²) in [5.41, 5.74) is 1.97. The second-order valence-electron chi connectivity index (χ2n) is 5.07. The Hall–Kier alpha value is -2.66. The van der Waals surface area contributed by atoms with Crippen molar-refractivity contribution in [2.75, 3.05) is 20.8 Å². The van der Waals surface area contributed by atoms with Gasteiger partial charge in [-0.15, -0.1) is 0 Å². The number of hydrogen-bond donors (Lipinski definition) is 0. The molecule has 0 saturated heterocycles. The normalized spacial score (nSPS) is 10.7. The minimum Gasteiger partial charge on any atom is -0.497 e. The summed E-state index contributed by atoms with van der Waals surface area (Å²) in [4.78, 5) is 4.68. The molecule has 0 unspecified atom stereocenters. The van der Waals surface area contributed by atoms with Crippen molar-refractivity contribution in [1.82, 2.24) is 14.8 Å². The Morgan fingerprint density at radius 2 is 1.70 bits per heavy atom. The molecule has 0 N–H and O–H groups in total. The SMILES string of the molecule is COCCc1nc(-c2ccc(OC)cc2)n(-c2ccccc2)n1. The van der Waals surface area contributed by atoms with Crippen LogP contribution < -0.4 is 4.74 Å². The summed E-state index contributed by atoms with van der Waals surface area (Å²) in [5, 5.41) is 4.63. The van der Waals surface area contributed by atoms with Crippen molar-refractivity contribution in [3.8, 4) is 22.8 Å². The molecule has 1 aromatic heterocycles. The average molecular weight is 309 g/mol. The summed E-state index contributed by atoms with van der Waals surface area (Å²) in [5.74, 6) is 2.39. The fourth-order valence-corrected chi connectivity index (χ4v) is 2.33. The lowest BCUT2D eigenvalue weighted by molar-refractivity contribution is 0.200. The Labute approximate surface area is 135 Å². The zero-order chi connectivity index (χ0) is 16.1. The quantitative estimate of drug-likeness (QED) is 0.702. The fourth-order valence-electron chi connectivity index (χ4n) is 2.33. The number of ether oxygens (including phenoxy) is 2. The van der Waals surface area contributed by atoms with Gasteiger partial charge in [0.2, 0.25) is 0 Å². The van der Waals surface area contributed by atoms with Crippen LogP contribution >= 0.6 is 0 Å². The van der Waals surface area contributed by atoms with Gasteiger partial charge in [-0.3, -0.25) is 0 Å². The highest BCUT2D eigenvalue weighted by molar-refractivity contribution is 5.59. The van der Waals surface area contributed by atoms with Gasteiger partial charge in [-0.1, -0.05) is 18.2 Å². The van der Waals surface area contributed by atoms with Crippen LogP contribution in [-0.4, -0.2) is 35.6 Å². The topological polar surface area (TPSA) is 49.2 Å². The second-order valence-corrected chi connectivity index (χ2v) is 5.07. The van der Waals surface area contributed by atoms with Crippen molar-refractivity contribution < 1.29 is 9.47 Å². The van der Waals surface area contributed by atoms with Gasteiger partial charge in [0.1, 0.15) is 5.75 Å². The zero-order valence-corrected chi connectivity index (χ0v) is 13.3. The third-order valence-corrected chi connectivity index (χ3v) is 3.53. The third kappa shape index (κ3) is 3.40. The standard InChI is InChI=1S/C18H19N3O2/c1-22-13-12-17-19-18(14-8-10-16(23-2)11-9-14)21(20-17)15-6-4-3-5-7-15/h3-11H,12-13H2,1-2H3. The molecule has 0 bridgehead atoms. The largest absolute Gasteiger partial charge is 0.497 e. The van der Waals surface area contributed by atoms with Crippen molar-refractivity contribution in [1.29, 1.82) is 0 Å². The van der Waals surface area contributed by atoms with Crippen LogP contribution in [0.4, 0.5) is 0 Å². The van der Waals surface area contributed by atoms with E-state index in [9.17, 15) is 0 Å². The Morgan fingerprint density at radius 3 is 2.35 bits per heavy atom. The first-order chi connectivity index (χ1) is 11.3. The lowest BCUT2D eigenvalue weighted by Crippen LogP contribution is -2.00. The minimum atomic E-state index is 0.598. The highest BCUT2D eigenvalue weighted by atomic mass is 16.5. The van der Waals surface area contributed by atoms with Gasteiger partial charge in [-0.05, 0) is 36.4 Å². The maximum Gasteiger partial charge on any atom is 0.163 e. The number of methoxy groups -OCH3 is 2. The predicted octanol–water partition coefficient (Wildman–Crippen LogP) is 3.13. The summed E-state index contributed by atoms with van der Waals surface area (Å²) in [6.07, 6.45) is 0.680. The highest BCUT2D eigenvalue weighted by Gasteiger charge is 2.13. The van der Waals surface area contributed by atoms with E-state index < -0.39 is 0 Å². The van der Waals surface area contributed by atoms with Crippen LogP contribution in [0, 0.1) is 0 Å². The first-order valence-corrected chi connectivity index (χ1v) is 7.46. The van der Waals surface area contributed by atoms with Gasteiger partial charge < -0.3 is 9.47 Å². The number of hydrogen-bond acceptors (Lipinski definition) is 4. The van der Waals surface area contributed by atoms with E-state index in [1.165, 1.54) is 0 Å². The Bertz CT molecular complexity index is 752. The van der Waals surface area contributed by atoms with Crippen LogP contribution in [0.15, 0.2) is 54.6 Å². The molecule has 3 aromatic rings. The number of nitrogens with zero attached hydrogens (tertiary/aromatic N) is 3. The molecule has 118 valence electrons. The first kappa shape index (κ1) is 15.2. The molecule has 2 aromatic carbocycles. The van der Waals surface area contributed by atoms with Gasteiger partial charge in [0, 0.05) is 19.1 Å². The fraction of sp³-hybridized carbons (Fsp3) is 0.222. The second kappa shape index (κ2) is 7.07. The molecule has 0 aliphatic heterocycles. The maximum absolute atomic E-state index is 5.22. The van der Waals surface area contributed by atoms with Crippen molar-refractivity contribution in [3.63, 3.8) is 0 Å². The van der Waals surface area contributed by atoms with E-state index in [0.717, 1.165) is 28.6 Å². The zero-order valence-electron chi connectivity index (χ0n) is 13.3. The molecule has 0 radical (unpaired) electrons. The van der Waals surface area contributed by atoms with Crippen LogP contribution in [-0.2, 0) is 11.2 Å². The Balaban J connectivity index is 2.04. The van der Waals surface area contributed by atoms with E-state index in [1.54, 1.807) is 14.2 Å². The van der Waals surface area contributed by atoms with E-state index in [-0.39, 0.29) is 0 Å². The molecule has 0 aliphatic rings. The molecule has 0 atom stereocenters. The third-order valence-electron chi connectivity index (χ3n) is 3.53. The molecule has 3 rings (SSSR count). The Morgan fingerprint density at radius 1 is 0.957 bits per heavy atom. The number of aromatic nitrogens is 3. The molecular formula is C18H19N3O2. The van der Waals surface area contributed by atoms with Gasteiger partial charge in [0.25, 0.3) is 0 Å². The smallest absolute Gasteiger partial charge is 0.163 e. The van der Waals surface area contributed by atoms with E-state index in [0.29, 0.717) is 13.0 Å². The van der Waals surface area contributed by atoms with Gasteiger partial charge in [0.05, 0.1) is 19.4 Å². The molecule has 23 heavy (non-hydrogen) atoms. The van der Waals surface area contributed by atoms with Crippen LogP contribution in [0.3, 0.4) is 0 Å². The van der Waals surface area contributed by atoms with Crippen molar-refractivity contribution >= 4 is 0 Å². The van der Waals surface area contributed by atoms with Crippen LogP contribution in [0.25, 0.3) is 17.1 Å². The van der Waals surface area contributed by atoms with Gasteiger partial charge in [0.15, 0.2) is 11.6 Å². The maximum atomic E-state index is 5.22. The van der Waals surface area contributed by atoms with E-state index >= 15 is 0 Å². The molecule has 0 fully saturated rings. The summed E-state index contributed by atoms with van der Waals surface area (Å²) in [6, 6.07) is 17.8. The van der Waals surface area contributed by atoms with E-state index in [1.807, 2.05) is 59.3 Å². The molecule has 1 heterocycles. The molecule has 0 aliphatic carbocycles. The highest BCUT2D eigenvalue weighted by Crippen LogP contribution is 2.23. The minimum absolute atomic E-state index is 0.598. The van der Waals surface area contributed by atoms with Crippen LogP contribution in [0.1, 0.15) is 5.82 Å². The van der Waals surface area contributed by atoms with Gasteiger partial charge in [-0.25, -0.2) is 9.67 Å². The number of benzene rings is 2. The van der Waals surface area contributed by atoms with E-state index in [4.69, 9.17) is 9.47 Å². The average Bonchev–Trinajstić information content (AvgIpc) is 3.05. The van der Waals surface area contributed by atoms with Crippen LogP contribution in [0.2, 0.25) is 0 Å². The lowest BCUT2D eigenvalue weighted by Gasteiger charge is -2.06. The first-order valence-electron chi connectivity index (χ1n) is 7.46. The predicted molar refractivity (Wildman–Crippen MR) is 88.9 cm³/mol. The summed E-state index contributed by atoms with van der Waals surface area (Å²) in [6.45, 7) is 0.598. The van der Waals surface area contributed by atoms with E-state index in [2.05, 4.69) is 10.1 Å². The summed E-state index contributed by atoms with van der Waals surface area (Å²) >= 11 is 0. The van der Waals surface area contributed by atoms with Crippen molar-refractivity contribution in [2.45, 2.75) is 6.42 Å². The Kier molecular flexibility index (Phi) is 4.68. The summed E-state index contributed by atoms with van der Waals surface area (Å²) < 4.78 is 12.2.